The summed E-state index contributed by atoms with van der Waals surface area (Å²) < 4.78 is 0.663. The van der Waals surface area contributed by atoms with Gasteiger partial charge in [-0.15, -0.1) is 0 Å². The molecule has 0 heterocycles. The lowest BCUT2D eigenvalue weighted by Gasteiger charge is -2.30. The Morgan fingerprint density at radius 2 is 2.05 bits per heavy atom. The Labute approximate surface area is 121 Å². The fourth-order valence-corrected chi connectivity index (χ4v) is 2.51. The van der Waals surface area contributed by atoms with Crippen LogP contribution in [0, 0.1) is 17.0 Å². The van der Waals surface area contributed by atoms with Gasteiger partial charge in [0.05, 0.1) is 16.2 Å². The van der Waals surface area contributed by atoms with E-state index in [9.17, 15) is 15.2 Å². The van der Waals surface area contributed by atoms with Gasteiger partial charge in [-0.1, -0.05) is 0 Å². The van der Waals surface area contributed by atoms with E-state index in [1.807, 2.05) is 11.8 Å². The van der Waals surface area contributed by atoms with Gasteiger partial charge in [-0.2, -0.15) is 0 Å². The molecule has 0 aliphatic heterocycles. The second-order valence-electron chi connectivity index (χ2n) is 5.17. The summed E-state index contributed by atoms with van der Waals surface area (Å²) in [5.74, 6) is 0. The van der Waals surface area contributed by atoms with Crippen LogP contribution in [-0.2, 0) is 0 Å². The number of aryl methyl sites for hydroxylation is 1. The lowest BCUT2D eigenvalue weighted by molar-refractivity contribution is -0.385. The molecule has 0 saturated heterocycles. The number of rotatable bonds is 5. The number of halogens is 1. The molecule has 106 valence electrons. The molecular formula is C13H19BrN2O3. The highest BCUT2D eigenvalue weighted by Gasteiger charge is 2.21. The highest BCUT2D eigenvalue weighted by molar-refractivity contribution is 9.10. The first-order valence-electron chi connectivity index (χ1n) is 6.07. The largest absolute Gasteiger partial charge is 0.389 e. The minimum absolute atomic E-state index is 0.0925. The average Bonchev–Trinajstić information content (AvgIpc) is 2.27. The molecule has 1 aromatic carbocycles. The maximum absolute atomic E-state index is 10.9. The van der Waals surface area contributed by atoms with Crippen LogP contribution in [0.25, 0.3) is 0 Å². The zero-order valence-electron chi connectivity index (χ0n) is 11.6. The summed E-state index contributed by atoms with van der Waals surface area (Å²) in [6.45, 7) is 8.34. The Hall–Kier alpha value is -1.14. The maximum atomic E-state index is 10.9. The van der Waals surface area contributed by atoms with Crippen LogP contribution in [-0.4, -0.2) is 28.7 Å². The predicted octanol–water partition coefficient (Wildman–Crippen LogP) is 3.26. The maximum Gasteiger partial charge on any atom is 0.273 e. The molecule has 0 saturated carbocycles. The molecule has 1 rings (SSSR count). The average molecular weight is 331 g/mol. The molecular weight excluding hydrogens is 312 g/mol. The van der Waals surface area contributed by atoms with Gasteiger partial charge in [0.25, 0.3) is 5.69 Å². The van der Waals surface area contributed by atoms with Crippen molar-refractivity contribution in [3.05, 3.63) is 32.3 Å². The standard InChI is InChI=1S/C13H19BrN2O3/c1-5-15(8-13(3,4)17)12-6-9(2)11(16(18)19)7-10(12)14/h6-7,17H,5,8H2,1-4H3. The number of hydrogen-bond acceptors (Lipinski definition) is 4. The first-order chi connectivity index (χ1) is 8.65. The van der Waals surface area contributed by atoms with Gasteiger partial charge in [0, 0.05) is 29.2 Å². The van der Waals surface area contributed by atoms with E-state index < -0.39 is 10.5 Å². The van der Waals surface area contributed by atoms with Crippen LogP contribution in [0.15, 0.2) is 16.6 Å². The van der Waals surface area contributed by atoms with Gasteiger partial charge >= 0.3 is 0 Å². The number of aliphatic hydroxyl groups is 1. The second kappa shape index (κ2) is 5.88. The molecule has 0 amide bonds. The van der Waals surface area contributed by atoms with E-state index in [4.69, 9.17) is 0 Å². The van der Waals surface area contributed by atoms with E-state index in [0.29, 0.717) is 23.1 Å². The zero-order valence-corrected chi connectivity index (χ0v) is 13.2. The summed E-state index contributed by atoms with van der Waals surface area (Å²) in [6.07, 6.45) is 0. The van der Waals surface area contributed by atoms with Crippen LogP contribution in [0.3, 0.4) is 0 Å². The smallest absolute Gasteiger partial charge is 0.273 e. The first kappa shape index (κ1) is 15.9. The predicted molar refractivity (Wildman–Crippen MR) is 79.7 cm³/mol. The van der Waals surface area contributed by atoms with Crippen LogP contribution >= 0.6 is 15.9 Å². The van der Waals surface area contributed by atoms with Gasteiger partial charge < -0.3 is 10.0 Å². The van der Waals surface area contributed by atoms with E-state index in [2.05, 4.69) is 15.9 Å². The monoisotopic (exact) mass is 330 g/mol. The fraction of sp³-hybridized carbons (Fsp3) is 0.538. The highest BCUT2D eigenvalue weighted by atomic mass is 79.9. The minimum Gasteiger partial charge on any atom is -0.389 e. The Kier molecular flexibility index (Phi) is 4.92. The highest BCUT2D eigenvalue weighted by Crippen LogP contribution is 2.33. The molecule has 19 heavy (non-hydrogen) atoms. The van der Waals surface area contributed by atoms with Crippen molar-refractivity contribution in [2.24, 2.45) is 0 Å². The van der Waals surface area contributed by atoms with Crippen LogP contribution in [0.1, 0.15) is 26.3 Å². The van der Waals surface area contributed by atoms with Crippen molar-refractivity contribution in [2.75, 3.05) is 18.0 Å². The first-order valence-corrected chi connectivity index (χ1v) is 6.87. The summed E-state index contributed by atoms with van der Waals surface area (Å²) in [6, 6.07) is 3.29. The number of nitro groups is 1. The number of benzene rings is 1. The number of nitro benzene ring substituents is 1. The van der Waals surface area contributed by atoms with Gasteiger partial charge in [-0.05, 0) is 49.7 Å². The van der Waals surface area contributed by atoms with Crippen LogP contribution < -0.4 is 4.90 Å². The van der Waals surface area contributed by atoms with Crippen molar-refractivity contribution in [3.63, 3.8) is 0 Å². The number of hydrogen-bond donors (Lipinski definition) is 1. The van der Waals surface area contributed by atoms with Crippen LogP contribution in [0.2, 0.25) is 0 Å². The number of anilines is 1. The Morgan fingerprint density at radius 1 is 1.47 bits per heavy atom. The van der Waals surface area contributed by atoms with Crippen LogP contribution in [0.5, 0.6) is 0 Å². The third-order valence-corrected chi connectivity index (χ3v) is 3.40. The Balaban J connectivity index is 3.19. The lowest BCUT2D eigenvalue weighted by atomic mass is 10.1. The third-order valence-electron chi connectivity index (χ3n) is 2.76. The van der Waals surface area contributed by atoms with Crippen molar-refractivity contribution in [3.8, 4) is 0 Å². The molecule has 0 bridgehead atoms. The molecule has 0 aliphatic carbocycles. The summed E-state index contributed by atoms with van der Waals surface area (Å²) in [5, 5.41) is 20.8. The summed E-state index contributed by atoms with van der Waals surface area (Å²) in [7, 11) is 0. The molecule has 6 heteroatoms. The number of likely N-dealkylation sites (N-methyl/N-ethyl adjacent to an activating group) is 1. The van der Waals surface area contributed by atoms with Gasteiger partial charge in [-0.3, -0.25) is 10.1 Å². The molecule has 5 nitrogen and oxygen atoms in total. The van der Waals surface area contributed by atoms with E-state index in [0.717, 1.165) is 5.69 Å². The Bertz CT molecular complexity index is 484. The van der Waals surface area contributed by atoms with E-state index in [1.165, 1.54) is 6.07 Å². The van der Waals surface area contributed by atoms with E-state index in [1.54, 1.807) is 26.8 Å². The minimum atomic E-state index is -0.828. The third kappa shape index (κ3) is 4.18. The molecule has 0 aliphatic rings. The summed E-state index contributed by atoms with van der Waals surface area (Å²) in [4.78, 5) is 12.5. The topological polar surface area (TPSA) is 66.6 Å². The molecule has 0 atom stereocenters. The van der Waals surface area contributed by atoms with Gasteiger partial charge in [0.2, 0.25) is 0 Å². The second-order valence-corrected chi connectivity index (χ2v) is 6.03. The van der Waals surface area contributed by atoms with Gasteiger partial charge in [0.15, 0.2) is 0 Å². The molecule has 0 unspecified atom stereocenters. The van der Waals surface area contributed by atoms with Crippen molar-refractivity contribution in [2.45, 2.75) is 33.3 Å². The van der Waals surface area contributed by atoms with Crippen molar-refractivity contribution < 1.29 is 10.0 Å². The van der Waals surface area contributed by atoms with Crippen LogP contribution in [0.4, 0.5) is 11.4 Å². The van der Waals surface area contributed by atoms with Gasteiger partial charge in [0.1, 0.15) is 0 Å². The van der Waals surface area contributed by atoms with Gasteiger partial charge in [-0.25, -0.2) is 0 Å². The molecule has 0 fully saturated rings. The molecule has 1 N–H and O–H groups in total. The summed E-state index contributed by atoms with van der Waals surface area (Å²) in [5.41, 5.74) is 0.727. The van der Waals surface area contributed by atoms with Crippen molar-refractivity contribution >= 4 is 27.3 Å². The lowest BCUT2D eigenvalue weighted by Crippen LogP contribution is -2.38. The van der Waals surface area contributed by atoms with E-state index >= 15 is 0 Å². The molecule has 0 spiro atoms. The van der Waals surface area contributed by atoms with Crippen molar-refractivity contribution in [1.29, 1.82) is 0 Å². The molecule has 0 radical (unpaired) electrons. The zero-order chi connectivity index (χ0) is 14.8. The van der Waals surface area contributed by atoms with E-state index in [-0.39, 0.29) is 5.69 Å². The fourth-order valence-electron chi connectivity index (χ4n) is 1.93. The Morgan fingerprint density at radius 3 is 2.47 bits per heavy atom. The molecule has 1 aromatic rings. The summed E-state index contributed by atoms with van der Waals surface area (Å²) >= 11 is 3.37. The van der Waals surface area contributed by atoms with Crippen molar-refractivity contribution in [1.82, 2.24) is 0 Å². The quantitative estimate of drug-likeness (QED) is 0.664. The normalized spacial score (nSPS) is 11.5. The number of nitrogens with zero attached hydrogens (tertiary/aromatic N) is 2. The SMILES string of the molecule is CCN(CC(C)(C)O)c1cc(C)c([N+](=O)[O-])cc1Br. The molecule has 0 aromatic heterocycles.